The number of benzene rings is 1. The minimum atomic E-state index is 0.0740. The summed E-state index contributed by atoms with van der Waals surface area (Å²) in [6, 6.07) is 8.31. The largest absolute Gasteiger partial charge is 0.392 e. The second-order valence-corrected chi connectivity index (χ2v) is 5.69. The summed E-state index contributed by atoms with van der Waals surface area (Å²) in [5, 5.41) is 10.5. The van der Waals surface area contributed by atoms with Gasteiger partial charge < -0.3 is 10.0 Å². The van der Waals surface area contributed by atoms with Crippen molar-refractivity contribution in [2.75, 3.05) is 18.0 Å². The van der Waals surface area contributed by atoms with Crippen molar-refractivity contribution in [3.8, 4) is 0 Å². The fraction of sp³-hybridized carbons (Fsp3) is 0.471. The smallest absolute Gasteiger partial charge is 0.0729 e. The highest BCUT2D eigenvalue weighted by atomic mass is 16.3. The van der Waals surface area contributed by atoms with Gasteiger partial charge in [-0.3, -0.25) is 4.98 Å². The highest BCUT2D eigenvalue weighted by molar-refractivity contribution is 5.92. The lowest BCUT2D eigenvalue weighted by Crippen LogP contribution is -2.24. The van der Waals surface area contributed by atoms with Crippen molar-refractivity contribution < 1.29 is 5.11 Å². The minimum absolute atomic E-state index is 0.0740. The Kier molecular flexibility index (Phi) is 3.88. The van der Waals surface area contributed by atoms with E-state index in [9.17, 15) is 5.11 Å². The third-order valence-corrected chi connectivity index (χ3v) is 4.11. The van der Waals surface area contributed by atoms with Crippen LogP contribution in [0.4, 0.5) is 5.69 Å². The molecule has 3 rings (SSSR count). The Balaban J connectivity index is 2.08. The van der Waals surface area contributed by atoms with Crippen LogP contribution >= 0.6 is 0 Å². The average Bonchev–Trinajstić information content (AvgIpc) is 2.74. The van der Waals surface area contributed by atoms with E-state index in [1.807, 2.05) is 19.1 Å². The molecule has 3 heteroatoms. The maximum Gasteiger partial charge on any atom is 0.0729 e. The molecule has 0 aliphatic carbocycles. The van der Waals surface area contributed by atoms with Crippen molar-refractivity contribution in [1.82, 2.24) is 4.98 Å². The maximum atomic E-state index is 9.28. The van der Waals surface area contributed by atoms with Gasteiger partial charge >= 0.3 is 0 Å². The summed E-state index contributed by atoms with van der Waals surface area (Å²) in [7, 11) is 0. The number of fused-ring (bicyclic) bond motifs is 1. The molecule has 1 aliphatic heterocycles. The highest BCUT2D eigenvalue weighted by Crippen LogP contribution is 2.29. The lowest BCUT2D eigenvalue weighted by Gasteiger charge is -2.24. The fourth-order valence-corrected chi connectivity index (χ4v) is 3.06. The normalized spacial score (nSPS) is 16.4. The van der Waals surface area contributed by atoms with Crippen molar-refractivity contribution in [3.05, 3.63) is 35.5 Å². The van der Waals surface area contributed by atoms with Crippen molar-refractivity contribution >= 4 is 16.6 Å². The van der Waals surface area contributed by atoms with Crippen LogP contribution in [0.15, 0.2) is 24.3 Å². The molecule has 2 heterocycles. The summed E-state index contributed by atoms with van der Waals surface area (Å²) in [5.41, 5.74) is 4.28. The van der Waals surface area contributed by atoms with Crippen LogP contribution in [0.1, 0.15) is 36.9 Å². The van der Waals surface area contributed by atoms with Gasteiger partial charge in [-0.15, -0.1) is 0 Å². The summed E-state index contributed by atoms with van der Waals surface area (Å²) in [6.07, 6.45) is 5.23. The number of hydrogen-bond donors (Lipinski definition) is 1. The summed E-state index contributed by atoms with van der Waals surface area (Å²) in [5.74, 6) is 0. The molecule has 1 saturated heterocycles. The molecule has 0 amide bonds. The number of aryl methyl sites for hydroxylation is 1. The molecule has 1 aromatic carbocycles. The summed E-state index contributed by atoms with van der Waals surface area (Å²) < 4.78 is 0. The van der Waals surface area contributed by atoms with Gasteiger partial charge in [0.2, 0.25) is 0 Å². The highest BCUT2D eigenvalue weighted by Gasteiger charge is 2.14. The molecular formula is C17H22N2O. The molecular weight excluding hydrogens is 248 g/mol. The van der Waals surface area contributed by atoms with Gasteiger partial charge in [0.15, 0.2) is 0 Å². The molecule has 3 nitrogen and oxygen atoms in total. The predicted molar refractivity (Wildman–Crippen MR) is 83.1 cm³/mol. The van der Waals surface area contributed by atoms with Gasteiger partial charge in [-0.05, 0) is 37.5 Å². The number of hydrogen-bond acceptors (Lipinski definition) is 3. The zero-order chi connectivity index (χ0) is 13.9. The third-order valence-electron chi connectivity index (χ3n) is 4.11. The fourth-order valence-electron chi connectivity index (χ4n) is 3.06. The van der Waals surface area contributed by atoms with Gasteiger partial charge in [0.1, 0.15) is 0 Å². The molecule has 2 aromatic rings. The van der Waals surface area contributed by atoms with Crippen molar-refractivity contribution in [2.24, 2.45) is 0 Å². The average molecular weight is 270 g/mol. The molecule has 0 spiro atoms. The number of rotatable bonds is 2. The van der Waals surface area contributed by atoms with Gasteiger partial charge in [0.05, 0.1) is 12.1 Å². The molecule has 106 valence electrons. The summed E-state index contributed by atoms with van der Waals surface area (Å²) >= 11 is 0. The number of aliphatic hydroxyl groups excluding tert-OH is 1. The van der Waals surface area contributed by atoms with E-state index in [1.165, 1.54) is 36.8 Å². The monoisotopic (exact) mass is 270 g/mol. The summed E-state index contributed by atoms with van der Waals surface area (Å²) in [4.78, 5) is 7.13. The second-order valence-electron chi connectivity index (χ2n) is 5.69. The van der Waals surface area contributed by atoms with Gasteiger partial charge in [-0.25, -0.2) is 0 Å². The van der Waals surface area contributed by atoms with E-state index in [-0.39, 0.29) is 6.61 Å². The molecule has 1 aliphatic rings. The van der Waals surface area contributed by atoms with Crippen LogP contribution in [-0.2, 0) is 6.61 Å². The molecule has 0 unspecified atom stereocenters. The van der Waals surface area contributed by atoms with E-state index in [1.54, 1.807) is 0 Å². The minimum Gasteiger partial charge on any atom is -0.392 e. The second kappa shape index (κ2) is 5.80. The van der Waals surface area contributed by atoms with Crippen LogP contribution in [0.3, 0.4) is 0 Å². The Hall–Kier alpha value is -1.61. The number of aromatic nitrogens is 1. The van der Waals surface area contributed by atoms with Crippen molar-refractivity contribution in [2.45, 2.75) is 39.2 Å². The van der Waals surface area contributed by atoms with Gasteiger partial charge in [-0.1, -0.05) is 25.0 Å². The van der Waals surface area contributed by atoms with Crippen molar-refractivity contribution in [3.63, 3.8) is 0 Å². The zero-order valence-corrected chi connectivity index (χ0v) is 12.1. The lowest BCUT2D eigenvalue weighted by atomic mass is 10.1. The molecule has 20 heavy (non-hydrogen) atoms. The number of aliphatic hydroxyl groups is 1. The molecule has 0 saturated carbocycles. The van der Waals surface area contributed by atoms with Crippen LogP contribution < -0.4 is 4.90 Å². The third kappa shape index (κ3) is 2.63. The van der Waals surface area contributed by atoms with Crippen LogP contribution in [0.2, 0.25) is 0 Å². The molecule has 1 aromatic heterocycles. The first-order valence-corrected chi connectivity index (χ1v) is 7.54. The quantitative estimate of drug-likeness (QED) is 0.908. The Bertz CT molecular complexity index is 601. The Labute approximate surface area is 120 Å². The predicted octanol–water partition coefficient (Wildman–Crippen LogP) is 3.42. The van der Waals surface area contributed by atoms with E-state index >= 15 is 0 Å². The number of pyridine rings is 1. The van der Waals surface area contributed by atoms with E-state index in [0.29, 0.717) is 0 Å². The first-order chi connectivity index (χ1) is 9.78. The van der Waals surface area contributed by atoms with E-state index in [4.69, 9.17) is 0 Å². The van der Waals surface area contributed by atoms with Crippen molar-refractivity contribution in [1.29, 1.82) is 0 Å². The Morgan fingerprint density at radius 1 is 1.10 bits per heavy atom. The summed E-state index contributed by atoms with van der Waals surface area (Å²) in [6.45, 7) is 4.40. The Morgan fingerprint density at radius 3 is 2.55 bits per heavy atom. The molecule has 1 fully saturated rings. The molecule has 0 radical (unpaired) electrons. The number of nitrogens with zero attached hydrogens (tertiary/aromatic N) is 2. The van der Waals surface area contributed by atoms with Crippen LogP contribution in [0, 0.1) is 6.92 Å². The molecule has 1 N–H and O–H groups in total. The van der Waals surface area contributed by atoms with E-state index < -0.39 is 0 Å². The first-order valence-electron chi connectivity index (χ1n) is 7.54. The van der Waals surface area contributed by atoms with Crippen LogP contribution in [0.5, 0.6) is 0 Å². The van der Waals surface area contributed by atoms with Crippen LogP contribution in [-0.4, -0.2) is 23.2 Å². The van der Waals surface area contributed by atoms with Crippen LogP contribution in [0.25, 0.3) is 10.9 Å². The van der Waals surface area contributed by atoms with Gasteiger partial charge in [0, 0.05) is 29.9 Å². The first kappa shape index (κ1) is 13.4. The standard InChI is InChI=1S/C17H22N2O/c1-13-10-17(19-8-4-2-3-5-9-19)15-7-6-14(12-20)11-16(15)18-13/h6-7,10-11,20H,2-5,8-9,12H2,1H3. The SMILES string of the molecule is Cc1cc(N2CCCCCC2)c2ccc(CO)cc2n1. The van der Waals surface area contributed by atoms with E-state index in [0.717, 1.165) is 29.9 Å². The molecule has 0 bridgehead atoms. The topological polar surface area (TPSA) is 36.4 Å². The van der Waals surface area contributed by atoms with Gasteiger partial charge in [-0.2, -0.15) is 0 Å². The van der Waals surface area contributed by atoms with E-state index in [2.05, 4.69) is 22.0 Å². The Morgan fingerprint density at radius 2 is 1.85 bits per heavy atom. The zero-order valence-electron chi connectivity index (χ0n) is 12.1. The number of anilines is 1. The molecule has 0 atom stereocenters. The maximum absolute atomic E-state index is 9.28. The lowest BCUT2D eigenvalue weighted by molar-refractivity contribution is 0.282. The van der Waals surface area contributed by atoms with Gasteiger partial charge in [0.25, 0.3) is 0 Å².